The number of aromatic nitrogens is 1. The molecule has 0 radical (unpaired) electrons. The van der Waals surface area contributed by atoms with Gasteiger partial charge in [-0.25, -0.2) is 4.99 Å². The van der Waals surface area contributed by atoms with Gasteiger partial charge in [0.05, 0.1) is 5.04 Å². The third kappa shape index (κ3) is 5.93. The normalized spacial score (nSPS) is 13.3. The SMILES string of the molecule is C=C(O)/C=C(\N=C(C)SCc1cccnc1CC)C(F)(F)F. The van der Waals surface area contributed by atoms with E-state index in [0.717, 1.165) is 17.7 Å². The molecular weight excluding hydrogens is 313 g/mol. The Balaban J connectivity index is 2.86. The second-order valence-corrected chi connectivity index (χ2v) is 5.57. The van der Waals surface area contributed by atoms with Crippen molar-refractivity contribution in [2.24, 2.45) is 4.99 Å². The largest absolute Gasteiger partial charge is 0.509 e. The maximum absolute atomic E-state index is 12.8. The van der Waals surface area contributed by atoms with Gasteiger partial charge >= 0.3 is 6.18 Å². The van der Waals surface area contributed by atoms with E-state index in [2.05, 4.69) is 16.6 Å². The molecule has 0 fully saturated rings. The summed E-state index contributed by atoms with van der Waals surface area (Å²) >= 11 is 1.19. The minimum Gasteiger partial charge on any atom is -0.509 e. The molecule has 1 rings (SSSR count). The van der Waals surface area contributed by atoms with E-state index in [1.165, 1.54) is 18.7 Å². The van der Waals surface area contributed by atoms with Gasteiger partial charge in [0.25, 0.3) is 0 Å². The van der Waals surface area contributed by atoms with Crippen LogP contribution in [0.3, 0.4) is 0 Å². The van der Waals surface area contributed by atoms with Crippen LogP contribution in [0.5, 0.6) is 0 Å². The number of nitrogens with zero attached hydrogens (tertiary/aromatic N) is 2. The average Bonchev–Trinajstić information content (AvgIpc) is 2.43. The Hall–Kier alpha value is -1.76. The molecular formula is C15H17F3N2OS. The van der Waals surface area contributed by atoms with Crippen molar-refractivity contribution in [2.75, 3.05) is 0 Å². The van der Waals surface area contributed by atoms with E-state index in [0.29, 0.717) is 11.8 Å². The second kappa shape index (κ2) is 8.03. The van der Waals surface area contributed by atoms with Crippen LogP contribution in [0.25, 0.3) is 0 Å². The van der Waals surface area contributed by atoms with Gasteiger partial charge in [-0.1, -0.05) is 19.6 Å². The first-order valence-corrected chi connectivity index (χ1v) is 7.50. The molecule has 1 aromatic heterocycles. The number of allylic oxidation sites excluding steroid dienone is 2. The first-order chi connectivity index (χ1) is 10.2. The Labute approximate surface area is 131 Å². The molecule has 120 valence electrons. The number of halogens is 3. The Kier molecular flexibility index (Phi) is 6.67. The van der Waals surface area contributed by atoms with E-state index in [-0.39, 0.29) is 5.04 Å². The zero-order valence-electron chi connectivity index (χ0n) is 12.3. The zero-order chi connectivity index (χ0) is 16.8. The van der Waals surface area contributed by atoms with Crippen LogP contribution in [-0.4, -0.2) is 21.3 Å². The minimum atomic E-state index is -4.64. The van der Waals surface area contributed by atoms with Crippen LogP contribution in [0.15, 0.2) is 47.4 Å². The molecule has 3 nitrogen and oxygen atoms in total. The molecule has 0 aliphatic heterocycles. The number of aliphatic hydroxyl groups excluding tert-OH is 1. The van der Waals surface area contributed by atoms with Gasteiger partial charge in [0, 0.05) is 23.7 Å². The molecule has 0 aromatic carbocycles. The Morgan fingerprint density at radius 3 is 2.73 bits per heavy atom. The Morgan fingerprint density at radius 1 is 1.50 bits per heavy atom. The number of rotatable bonds is 5. The second-order valence-electron chi connectivity index (χ2n) is 4.40. The number of hydrogen-bond donors (Lipinski definition) is 1. The predicted octanol–water partition coefficient (Wildman–Crippen LogP) is 4.81. The van der Waals surface area contributed by atoms with Crippen molar-refractivity contribution in [3.63, 3.8) is 0 Å². The highest BCUT2D eigenvalue weighted by Crippen LogP contribution is 2.29. The highest BCUT2D eigenvalue weighted by Gasteiger charge is 2.34. The monoisotopic (exact) mass is 330 g/mol. The summed E-state index contributed by atoms with van der Waals surface area (Å²) < 4.78 is 38.3. The standard InChI is InChI=1S/C15H17F3N2OS/c1-4-13-12(6-5-7-19-13)9-22-11(3)20-14(8-10(2)21)15(16,17)18/h5-8,21H,2,4,9H2,1,3H3/b14-8-,20-11?. The summed E-state index contributed by atoms with van der Waals surface area (Å²) in [6.07, 6.45) is -1.70. The molecule has 0 atom stereocenters. The van der Waals surface area contributed by atoms with E-state index in [9.17, 15) is 13.2 Å². The van der Waals surface area contributed by atoms with Crippen LogP contribution in [0.1, 0.15) is 25.1 Å². The summed E-state index contributed by atoms with van der Waals surface area (Å²) in [6.45, 7) is 6.49. The van der Waals surface area contributed by atoms with Gasteiger partial charge in [0.15, 0.2) is 0 Å². The number of aliphatic hydroxyl groups is 1. The molecule has 0 bridgehead atoms. The summed E-state index contributed by atoms with van der Waals surface area (Å²) in [5.74, 6) is -0.202. The molecule has 0 aliphatic carbocycles. The van der Waals surface area contributed by atoms with Crippen LogP contribution in [0.2, 0.25) is 0 Å². The van der Waals surface area contributed by atoms with Crippen molar-refractivity contribution in [2.45, 2.75) is 32.2 Å². The fraction of sp³-hybridized carbons (Fsp3) is 0.333. The number of hydrogen-bond acceptors (Lipinski definition) is 4. The summed E-state index contributed by atoms with van der Waals surface area (Å²) in [7, 11) is 0. The highest BCUT2D eigenvalue weighted by atomic mass is 32.2. The molecule has 7 heteroatoms. The van der Waals surface area contributed by atoms with Gasteiger partial charge in [-0.05, 0) is 25.0 Å². The van der Waals surface area contributed by atoms with Gasteiger partial charge in [-0.2, -0.15) is 13.2 Å². The minimum absolute atomic E-state index is 0.246. The highest BCUT2D eigenvalue weighted by molar-refractivity contribution is 8.13. The van der Waals surface area contributed by atoms with E-state index >= 15 is 0 Å². The van der Waals surface area contributed by atoms with Crippen molar-refractivity contribution in [3.05, 3.63) is 53.7 Å². The van der Waals surface area contributed by atoms with Gasteiger partial charge in [0.1, 0.15) is 11.5 Å². The third-order valence-corrected chi connectivity index (χ3v) is 3.59. The lowest BCUT2D eigenvalue weighted by atomic mass is 10.2. The lowest BCUT2D eigenvalue weighted by Gasteiger charge is -2.09. The van der Waals surface area contributed by atoms with Gasteiger partial charge in [-0.3, -0.25) is 4.98 Å². The maximum Gasteiger partial charge on any atom is 0.433 e. The molecule has 22 heavy (non-hydrogen) atoms. The molecule has 0 unspecified atom stereocenters. The van der Waals surface area contributed by atoms with Gasteiger partial charge in [0.2, 0.25) is 0 Å². The number of pyridine rings is 1. The summed E-state index contributed by atoms with van der Waals surface area (Å²) in [5.41, 5.74) is 0.707. The molecule has 0 aliphatic rings. The number of aliphatic imine (C=N–C) groups is 1. The van der Waals surface area contributed by atoms with Crippen LogP contribution in [-0.2, 0) is 12.2 Å². The number of aryl methyl sites for hydroxylation is 1. The summed E-state index contributed by atoms with van der Waals surface area (Å²) in [5, 5.41) is 9.17. The first kappa shape index (κ1) is 18.3. The first-order valence-electron chi connectivity index (χ1n) is 6.51. The lowest BCUT2D eigenvalue weighted by molar-refractivity contribution is -0.0925. The molecule has 1 heterocycles. The van der Waals surface area contributed by atoms with Crippen molar-refractivity contribution in [1.29, 1.82) is 0 Å². The van der Waals surface area contributed by atoms with Crippen LogP contribution in [0, 0.1) is 0 Å². The van der Waals surface area contributed by atoms with E-state index in [1.54, 1.807) is 12.3 Å². The Bertz CT molecular complexity index is 595. The topological polar surface area (TPSA) is 45.5 Å². The summed E-state index contributed by atoms with van der Waals surface area (Å²) in [6, 6.07) is 3.68. The zero-order valence-corrected chi connectivity index (χ0v) is 13.1. The smallest absolute Gasteiger partial charge is 0.433 e. The van der Waals surface area contributed by atoms with E-state index in [4.69, 9.17) is 5.11 Å². The number of alkyl halides is 3. The van der Waals surface area contributed by atoms with E-state index < -0.39 is 17.6 Å². The van der Waals surface area contributed by atoms with Crippen molar-refractivity contribution < 1.29 is 18.3 Å². The third-order valence-electron chi connectivity index (χ3n) is 2.63. The Morgan fingerprint density at radius 2 is 2.18 bits per heavy atom. The average molecular weight is 330 g/mol. The molecule has 0 spiro atoms. The lowest BCUT2D eigenvalue weighted by Crippen LogP contribution is -2.11. The van der Waals surface area contributed by atoms with Crippen molar-refractivity contribution in [1.82, 2.24) is 4.98 Å². The van der Waals surface area contributed by atoms with Crippen LogP contribution >= 0.6 is 11.8 Å². The number of thioether (sulfide) groups is 1. The molecule has 1 aromatic rings. The maximum atomic E-state index is 12.8. The van der Waals surface area contributed by atoms with Gasteiger partial charge < -0.3 is 5.11 Å². The fourth-order valence-electron chi connectivity index (χ4n) is 1.64. The molecule has 0 saturated heterocycles. The van der Waals surface area contributed by atoms with Crippen LogP contribution < -0.4 is 0 Å². The van der Waals surface area contributed by atoms with Crippen LogP contribution in [0.4, 0.5) is 13.2 Å². The molecule has 0 saturated carbocycles. The molecule has 1 N–H and O–H groups in total. The quantitative estimate of drug-likeness (QED) is 0.364. The van der Waals surface area contributed by atoms with Crippen molar-refractivity contribution >= 4 is 16.8 Å². The predicted molar refractivity (Wildman–Crippen MR) is 83.9 cm³/mol. The van der Waals surface area contributed by atoms with Crippen molar-refractivity contribution in [3.8, 4) is 0 Å². The summed E-state index contributed by atoms with van der Waals surface area (Å²) in [4.78, 5) is 7.76. The molecule has 0 amide bonds. The van der Waals surface area contributed by atoms with Gasteiger partial charge in [-0.15, -0.1) is 11.8 Å². The van der Waals surface area contributed by atoms with E-state index in [1.807, 2.05) is 13.0 Å². The fourth-order valence-corrected chi connectivity index (χ4v) is 2.43.